The van der Waals surface area contributed by atoms with E-state index in [1.807, 2.05) is 0 Å². The van der Waals surface area contributed by atoms with Crippen molar-refractivity contribution in [1.29, 1.82) is 0 Å². The number of likely N-dealkylation sites (tertiary alicyclic amines) is 1. The van der Waals surface area contributed by atoms with Gasteiger partial charge in [0.1, 0.15) is 11.6 Å². The molecule has 0 saturated carbocycles. The molecule has 0 aromatic carbocycles. The Bertz CT molecular complexity index is 851. The number of alkyl halides is 2. The van der Waals surface area contributed by atoms with Crippen LogP contribution in [-0.2, 0) is 4.79 Å². The number of halogens is 3. The number of hydrogen-bond donors (Lipinski definition) is 2. The van der Waals surface area contributed by atoms with Crippen molar-refractivity contribution >= 4 is 11.7 Å². The molecule has 1 fully saturated rings. The molecule has 3 heterocycles. The summed E-state index contributed by atoms with van der Waals surface area (Å²) in [5.41, 5.74) is -0.411. The van der Waals surface area contributed by atoms with Gasteiger partial charge in [0, 0.05) is 25.6 Å². The molecule has 144 valence electrons. The SMILES string of the molecule is C[C@@H](C(=O)Nc1ccc(F)cn1)N1CCC(F)(F)[C@@H](c2ccc(=O)[nH]n2)C1. The molecule has 0 bridgehead atoms. The Kier molecular flexibility index (Phi) is 5.26. The first kappa shape index (κ1) is 19.0. The van der Waals surface area contributed by atoms with E-state index in [0.29, 0.717) is 0 Å². The van der Waals surface area contributed by atoms with Gasteiger partial charge in [0.25, 0.3) is 11.5 Å². The molecule has 27 heavy (non-hydrogen) atoms. The van der Waals surface area contributed by atoms with Crippen molar-refractivity contribution in [3.8, 4) is 0 Å². The highest BCUT2D eigenvalue weighted by Crippen LogP contribution is 2.39. The number of amides is 1. The van der Waals surface area contributed by atoms with Gasteiger partial charge in [-0.1, -0.05) is 0 Å². The Morgan fingerprint density at radius 3 is 2.78 bits per heavy atom. The summed E-state index contributed by atoms with van der Waals surface area (Å²) >= 11 is 0. The maximum absolute atomic E-state index is 14.4. The highest BCUT2D eigenvalue weighted by Gasteiger charge is 2.47. The number of anilines is 1. The largest absolute Gasteiger partial charge is 0.309 e. The standard InChI is InChI=1S/C17H18F3N5O2/c1-10(16(27)22-14-4-2-11(18)8-21-14)25-7-6-17(19,20)12(9-25)13-3-5-15(26)24-23-13/h2-5,8,10,12H,6-7,9H2,1H3,(H,24,26)(H,21,22,27)/t10-,12+/m0/s1. The lowest BCUT2D eigenvalue weighted by atomic mass is 9.89. The quantitative estimate of drug-likeness (QED) is 0.842. The monoisotopic (exact) mass is 381 g/mol. The van der Waals surface area contributed by atoms with Gasteiger partial charge >= 0.3 is 0 Å². The second-order valence-electron chi connectivity index (χ2n) is 6.43. The van der Waals surface area contributed by atoms with Crippen molar-refractivity contribution in [3.05, 3.63) is 52.3 Å². The number of pyridine rings is 1. The van der Waals surface area contributed by atoms with Gasteiger partial charge in [-0.15, -0.1) is 0 Å². The fourth-order valence-electron chi connectivity index (χ4n) is 2.98. The second-order valence-corrected chi connectivity index (χ2v) is 6.43. The van der Waals surface area contributed by atoms with Crippen LogP contribution in [0.1, 0.15) is 25.0 Å². The molecule has 2 aromatic rings. The lowest BCUT2D eigenvalue weighted by Gasteiger charge is -2.40. The van der Waals surface area contributed by atoms with Crippen LogP contribution in [-0.4, -0.2) is 51.0 Å². The number of carbonyl (C=O) groups excluding carboxylic acids is 1. The molecule has 0 radical (unpaired) electrons. The van der Waals surface area contributed by atoms with E-state index in [2.05, 4.69) is 20.5 Å². The number of nitrogens with one attached hydrogen (secondary N) is 2. The number of aromatic nitrogens is 3. The molecule has 0 aliphatic carbocycles. The van der Waals surface area contributed by atoms with E-state index in [0.717, 1.165) is 18.3 Å². The zero-order valence-corrected chi connectivity index (χ0v) is 14.5. The summed E-state index contributed by atoms with van der Waals surface area (Å²) in [5.74, 6) is -5.05. The Balaban J connectivity index is 1.72. The van der Waals surface area contributed by atoms with E-state index in [1.54, 1.807) is 11.8 Å². The van der Waals surface area contributed by atoms with Crippen LogP contribution in [0.25, 0.3) is 0 Å². The average Bonchev–Trinajstić information content (AvgIpc) is 2.64. The van der Waals surface area contributed by atoms with Gasteiger partial charge in [0.05, 0.1) is 23.9 Å². The van der Waals surface area contributed by atoms with Gasteiger partial charge in [0.2, 0.25) is 5.91 Å². The summed E-state index contributed by atoms with van der Waals surface area (Å²) in [5, 5.41) is 8.43. The molecule has 1 aliphatic heterocycles. The minimum absolute atomic E-state index is 0.0261. The molecule has 2 atom stereocenters. The second kappa shape index (κ2) is 7.47. The molecule has 7 nitrogen and oxygen atoms in total. The summed E-state index contributed by atoms with van der Waals surface area (Å²) < 4.78 is 41.6. The predicted molar refractivity (Wildman–Crippen MR) is 91.0 cm³/mol. The third kappa shape index (κ3) is 4.33. The topological polar surface area (TPSA) is 91.0 Å². The van der Waals surface area contributed by atoms with Gasteiger partial charge in [-0.25, -0.2) is 23.3 Å². The molecule has 10 heteroatoms. The van der Waals surface area contributed by atoms with Gasteiger partial charge in [-0.2, -0.15) is 5.10 Å². The Morgan fingerprint density at radius 2 is 2.15 bits per heavy atom. The molecule has 2 aromatic heterocycles. The highest BCUT2D eigenvalue weighted by atomic mass is 19.3. The third-order valence-electron chi connectivity index (χ3n) is 4.62. The van der Waals surface area contributed by atoms with E-state index >= 15 is 0 Å². The molecule has 1 saturated heterocycles. The molecule has 2 N–H and O–H groups in total. The van der Waals surface area contributed by atoms with E-state index in [9.17, 15) is 22.8 Å². The molecule has 3 rings (SSSR count). The van der Waals surface area contributed by atoms with E-state index in [4.69, 9.17) is 0 Å². The van der Waals surface area contributed by atoms with Crippen LogP contribution in [0.5, 0.6) is 0 Å². The summed E-state index contributed by atoms with van der Waals surface area (Å²) in [6.07, 6.45) is 0.532. The Labute approximate surface area is 152 Å². The highest BCUT2D eigenvalue weighted by molar-refractivity contribution is 5.93. The first-order chi connectivity index (χ1) is 12.8. The third-order valence-corrected chi connectivity index (χ3v) is 4.62. The first-order valence-electron chi connectivity index (χ1n) is 8.36. The smallest absolute Gasteiger partial charge is 0.264 e. The van der Waals surface area contributed by atoms with Crippen LogP contribution in [0.2, 0.25) is 0 Å². The van der Waals surface area contributed by atoms with Crippen LogP contribution in [0.15, 0.2) is 35.3 Å². The van der Waals surface area contributed by atoms with Crippen LogP contribution in [0.4, 0.5) is 19.0 Å². The van der Waals surface area contributed by atoms with Crippen molar-refractivity contribution in [1.82, 2.24) is 20.1 Å². The fourth-order valence-corrected chi connectivity index (χ4v) is 2.98. The Hall–Kier alpha value is -2.75. The van der Waals surface area contributed by atoms with E-state index in [-0.39, 0.29) is 24.6 Å². The number of aromatic amines is 1. The van der Waals surface area contributed by atoms with Gasteiger partial charge < -0.3 is 5.32 Å². The minimum Gasteiger partial charge on any atom is -0.309 e. The maximum atomic E-state index is 14.4. The molecule has 0 unspecified atom stereocenters. The summed E-state index contributed by atoms with van der Waals surface area (Å²) in [6.45, 7) is 1.52. The zero-order valence-electron chi connectivity index (χ0n) is 14.5. The van der Waals surface area contributed by atoms with Crippen molar-refractivity contribution in [3.63, 3.8) is 0 Å². The van der Waals surface area contributed by atoms with Crippen molar-refractivity contribution in [2.24, 2.45) is 0 Å². The van der Waals surface area contributed by atoms with Gasteiger partial charge in [0.15, 0.2) is 0 Å². The fraction of sp³-hybridized carbons (Fsp3) is 0.412. The predicted octanol–water partition coefficient (Wildman–Crippen LogP) is 1.76. The molecular weight excluding hydrogens is 363 g/mol. The number of H-pyrrole nitrogens is 1. The lowest BCUT2D eigenvalue weighted by Crippen LogP contribution is -2.52. The van der Waals surface area contributed by atoms with Crippen LogP contribution >= 0.6 is 0 Å². The average molecular weight is 381 g/mol. The van der Waals surface area contributed by atoms with Crippen molar-refractivity contribution < 1.29 is 18.0 Å². The maximum Gasteiger partial charge on any atom is 0.264 e. The molecule has 0 spiro atoms. The lowest BCUT2D eigenvalue weighted by molar-refractivity contribution is -0.125. The number of piperidine rings is 1. The Morgan fingerprint density at radius 1 is 1.37 bits per heavy atom. The van der Waals surface area contributed by atoms with Crippen LogP contribution in [0, 0.1) is 5.82 Å². The van der Waals surface area contributed by atoms with Gasteiger partial charge in [-0.05, 0) is 25.1 Å². The van der Waals surface area contributed by atoms with E-state index < -0.39 is 41.6 Å². The number of hydrogen-bond acceptors (Lipinski definition) is 5. The molecule has 1 aliphatic rings. The van der Waals surface area contributed by atoms with E-state index in [1.165, 1.54) is 12.1 Å². The number of nitrogens with zero attached hydrogens (tertiary/aromatic N) is 3. The van der Waals surface area contributed by atoms with Gasteiger partial charge in [-0.3, -0.25) is 14.5 Å². The molecule has 1 amide bonds. The summed E-state index contributed by atoms with van der Waals surface area (Å²) in [4.78, 5) is 28.9. The summed E-state index contributed by atoms with van der Waals surface area (Å²) in [6, 6.07) is 4.18. The zero-order chi connectivity index (χ0) is 19.6. The number of carbonyl (C=O) groups is 1. The van der Waals surface area contributed by atoms with Crippen molar-refractivity contribution in [2.45, 2.75) is 31.2 Å². The summed E-state index contributed by atoms with van der Waals surface area (Å²) in [7, 11) is 0. The first-order valence-corrected chi connectivity index (χ1v) is 8.36. The van der Waals surface area contributed by atoms with Crippen molar-refractivity contribution in [2.75, 3.05) is 18.4 Å². The molecular formula is C17H18F3N5O2. The van der Waals surface area contributed by atoms with Crippen LogP contribution in [0.3, 0.4) is 0 Å². The van der Waals surface area contributed by atoms with Crippen LogP contribution < -0.4 is 10.9 Å². The normalized spacial score (nSPS) is 20.8. The minimum atomic E-state index is -3.00. The number of rotatable bonds is 4.